The summed E-state index contributed by atoms with van der Waals surface area (Å²) in [6, 6.07) is 8.48. The molecule has 19 heavy (non-hydrogen) atoms. The van der Waals surface area contributed by atoms with Crippen LogP contribution in [0.4, 0.5) is 5.69 Å². The molecule has 0 spiro atoms. The summed E-state index contributed by atoms with van der Waals surface area (Å²) in [6.07, 6.45) is 0.622. The number of aromatic amines is 1. The third-order valence-corrected chi connectivity index (χ3v) is 2.93. The predicted molar refractivity (Wildman–Crippen MR) is 73.2 cm³/mol. The molecule has 0 aliphatic carbocycles. The zero-order valence-electron chi connectivity index (χ0n) is 10.4. The van der Waals surface area contributed by atoms with Crippen molar-refractivity contribution < 1.29 is 9.90 Å². The van der Waals surface area contributed by atoms with Gasteiger partial charge in [-0.15, -0.1) is 0 Å². The molecule has 0 saturated carbocycles. The molecule has 0 saturated heterocycles. The van der Waals surface area contributed by atoms with Crippen LogP contribution in [0.2, 0.25) is 0 Å². The maximum atomic E-state index is 11.7. The molecule has 5 heteroatoms. The number of nitrogens with two attached hydrogens (primary N) is 1. The van der Waals surface area contributed by atoms with Crippen molar-refractivity contribution in [2.24, 2.45) is 0 Å². The van der Waals surface area contributed by atoms with Gasteiger partial charge in [0.1, 0.15) is 5.56 Å². The summed E-state index contributed by atoms with van der Waals surface area (Å²) in [5.74, 6) is -1.22. The van der Waals surface area contributed by atoms with Gasteiger partial charge in [0.25, 0.3) is 5.56 Å². The van der Waals surface area contributed by atoms with E-state index in [1.807, 2.05) is 6.92 Å². The van der Waals surface area contributed by atoms with Crippen LogP contribution in [-0.4, -0.2) is 16.1 Å². The van der Waals surface area contributed by atoms with Crippen molar-refractivity contribution in [3.05, 3.63) is 51.8 Å². The molecule has 1 heterocycles. The maximum absolute atomic E-state index is 11.7. The van der Waals surface area contributed by atoms with Crippen molar-refractivity contribution >= 4 is 11.7 Å². The molecule has 0 radical (unpaired) electrons. The topological polar surface area (TPSA) is 96.2 Å². The molecule has 0 bridgehead atoms. The predicted octanol–water partition coefficient (Wildman–Crippen LogP) is 1.88. The molecule has 0 aliphatic rings. The lowest BCUT2D eigenvalue weighted by Crippen LogP contribution is -2.19. The summed E-state index contributed by atoms with van der Waals surface area (Å²) in [5.41, 5.74) is 7.63. The van der Waals surface area contributed by atoms with Gasteiger partial charge in [-0.2, -0.15) is 0 Å². The van der Waals surface area contributed by atoms with Gasteiger partial charge >= 0.3 is 5.97 Å². The standard InChI is InChI=1S/C14H14N2O3/c1-2-8-7-11(14(18)19)13(17)16-12(8)9-3-5-10(15)6-4-9/h3-7H,2,15H2,1H3,(H,16,17)(H,18,19). The van der Waals surface area contributed by atoms with E-state index in [2.05, 4.69) is 4.98 Å². The Hall–Kier alpha value is -2.56. The third kappa shape index (κ3) is 2.49. The van der Waals surface area contributed by atoms with Crippen molar-refractivity contribution in [3.63, 3.8) is 0 Å². The monoisotopic (exact) mass is 258 g/mol. The minimum atomic E-state index is -1.22. The van der Waals surface area contributed by atoms with E-state index in [0.717, 1.165) is 11.1 Å². The van der Waals surface area contributed by atoms with Gasteiger partial charge in [-0.25, -0.2) is 4.79 Å². The number of H-pyrrole nitrogens is 1. The van der Waals surface area contributed by atoms with Gasteiger partial charge in [0, 0.05) is 5.69 Å². The second-order valence-electron chi connectivity index (χ2n) is 4.19. The van der Waals surface area contributed by atoms with Gasteiger partial charge in [-0.1, -0.05) is 19.1 Å². The summed E-state index contributed by atoms with van der Waals surface area (Å²) in [7, 11) is 0. The fraction of sp³-hybridized carbons (Fsp3) is 0.143. The number of aryl methyl sites for hydroxylation is 1. The van der Waals surface area contributed by atoms with Crippen LogP contribution < -0.4 is 11.3 Å². The molecule has 1 aromatic carbocycles. The van der Waals surface area contributed by atoms with E-state index in [9.17, 15) is 9.59 Å². The lowest BCUT2D eigenvalue weighted by Gasteiger charge is -2.09. The number of nitrogen functional groups attached to an aromatic ring is 1. The summed E-state index contributed by atoms with van der Waals surface area (Å²) < 4.78 is 0. The number of hydrogen-bond acceptors (Lipinski definition) is 3. The van der Waals surface area contributed by atoms with Crippen LogP contribution >= 0.6 is 0 Å². The number of pyridine rings is 1. The first kappa shape index (κ1) is 12.9. The van der Waals surface area contributed by atoms with Crippen LogP contribution in [0, 0.1) is 0 Å². The van der Waals surface area contributed by atoms with Gasteiger partial charge < -0.3 is 15.8 Å². The minimum absolute atomic E-state index is 0.240. The van der Waals surface area contributed by atoms with Gasteiger partial charge in [0.2, 0.25) is 0 Å². The Kier molecular flexibility index (Phi) is 3.37. The quantitative estimate of drug-likeness (QED) is 0.732. The van der Waals surface area contributed by atoms with E-state index in [4.69, 9.17) is 10.8 Å². The Morgan fingerprint density at radius 1 is 1.32 bits per heavy atom. The second kappa shape index (κ2) is 4.97. The number of carboxylic acids is 1. The van der Waals surface area contributed by atoms with Gasteiger partial charge in [-0.3, -0.25) is 4.79 Å². The Bertz CT molecular complexity index is 672. The molecular weight excluding hydrogens is 244 g/mol. The van der Waals surface area contributed by atoms with E-state index >= 15 is 0 Å². The molecule has 0 aliphatic heterocycles. The van der Waals surface area contributed by atoms with Crippen molar-refractivity contribution in [2.75, 3.05) is 5.73 Å². The smallest absolute Gasteiger partial charge is 0.341 e. The highest BCUT2D eigenvalue weighted by molar-refractivity contribution is 5.88. The molecule has 5 nitrogen and oxygen atoms in total. The van der Waals surface area contributed by atoms with Crippen LogP contribution in [-0.2, 0) is 6.42 Å². The first-order chi connectivity index (χ1) is 9.02. The molecular formula is C14H14N2O3. The molecule has 0 atom stereocenters. The number of carbonyl (C=O) groups is 1. The van der Waals surface area contributed by atoms with Gasteiger partial charge in [0.15, 0.2) is 0 Å². The molecule has 0 fully saturated rings. The molecule has 98 valence electrons. The van der Waals surface area contributed by atoms with Crippen LogP contribution in [0.5, 0.6) is 0 Å². The number of aromatic carboxylic acids is 1. The van der Waals surface area contributed by atoms with Crippen LogP contribution in [0.15, 0.2) is 35.1 Å². The fourth-order valence-electron chi connectivity index (χ4n) is 1.92. The molecule has 0 unspecified atom stereocenters. The highest BCUT2D eigenvalue weighted by Crippen LogP contribution is 2.22. The van der Waals surface area contributed by atoms with Crippen molar-refractivity contribution in [1.82, 2.24) is 4.98 Å². The van der Waals surface area contributed by atoms with E-state index in [1.165, 1.54) is 6.07 Å². The molecule has 4 N–H and O–H groups in total. The average Bonchev–Trinajstić information content (AvgIpc) is 2.39. The Labute approximate surface area is 109 Å². The summed E-state index contributed by atoms with van der Waals surface area (Å²) in [5, 5.41) is 8.95. The number of rotatable bonds is 3. The van der Waals surface area contributed by atoms with Crippen LogP contribution in [0.3, 0.4) is 0 Å². The number of carboxylic acid groups (broad SMARTS) is 1. The number of hydrogen-bond donors (Lipinski definition) is 3. The minimum Gasteiger partial charge on any atom is -0.477 e. The molecule has 2 rings (SSSR count). The molecule has 0 amide bonds. The third-order valence-electron chi connectivity index (χ3n) is 2.93. The van der Waals surface area contributed by atoms with Crippen LogP contribution in [0.1, 0.15) is 22.8 Å². The van der Waals surface area contributed by atoms with Crippen LogP contribution in [0.25, 0.3) is 11.3 Å². The zero-order valence-corrected chi connectivity index (χ0v) is 10.4. The van der Waals surface area contributed by atoms with Gasteiger partial charge in [0.05, 0.1) is 5.69 Å². The molecule has 1 aromatic heterocycles. The van der Waals surface area contributed by atoms with Gasteiger partial charge in [-0.05, 0) is 35.7 Å². The Morgan fingerprint density at radius 3 is 2.47 bits per heavy atom. The highest BCUT2D eigenvalue weighted by Gasteiger charge is 2.13. The van der Waals surface area contributed by atoms with Crippen molar-refractivity contribution in [2.45, 2.75) is 13.3 Å². The number of benzene rings is 1. The van der Waals surface area contributed by atoms with Crippen molar-refractivity contribution in [1.29, 1.82) is 0 Å². The summed E-state index contributed by atoms with van der Waals surface area (Å²) in [4.78, 5) is 25.3. The maximum Gasteiger partial charge on any atom is 0.341 e. The lowest BCUT2D eigenvalue weighted by atomic mass is 10.0. The first-order valence-electron chi connectivity index (χ1n) is 5.88. The fourth-order valence-corrected chi connectivity index (χ4v) is 1.92. The number of nitrogens with one attached hydrogen (secondary N) is 1. The zero-order chi connectivity index (χ0) is 14.0. The summed E-state index contributed by atoms with van der Waals surface area (Å²) in [6.45, 7) is 1.90. The van der Waals surface area contributed by atoms with Crippen molar-refractivity contribution in [3.8, 4) is 11.3 Å². The number of aromatic nitrogens is 1. The Balaban J connectivity index is 2.63. The second-order valence-corrected chi connectivity index (χ2v) is 4.19. The van der Waals surface area contributed by atoms with E-state index in [0.29, 0.717) is 17.8 Å². The largest absolute Gasteiger partial charge is 0.477 e. The van der Waals surface area contributed by atoms with E-state index in [1.54, 1.807) is 24.3 Å². The van der Waals surface area contributed by atoms with E-state index in [-0.39, 0.29) is 5.56 Å². The summed E-state index contributed by atoms with van der Waals surface area (Å²) >= 11 is 0. The molecule has 2 aromatic rings. The SMILES string of the molecule is CCc1cc(C(=O)O)c(=O)[nH]c1-c1ccc(N)cc1. The first-order valence-corrected chi connectivity index (χ1v) is 5.88. The Morgan fingerprint density at radius 2 is 1.95 bits per heavy atom. The average molecular weight is 258 g/mol. The lowest BCUT2D eigenvalue weighted by molar-refractivity contribution is 0.0695. The van der Waals surface area contributed by atoms with E-state index < -0.39 is 11.5 Å². The number of anilines is 1. The normalized spacial score (nSPS) is 10.4. The highest BCUT2D eigenvalue weighted by atomic mass is 16.4.